The van der Waals surface area contributed by atoms with Crippen LogP contribution in [0.25, 0.3) is 0 Å². The van der Waals surface area contributed by atoms with E-state index >= 15 is 0 Å². The predicted octanol–water partition coefficient (Wildman–Crippen LogP) is 2.72. The number of aliphatic hydroxyl groups is 1. The molecular formula is C10H10F4O2. The zero-order chi connectivity index (χ0) is 12.3. The fourth-order valence-electron chi connectivity index (χ4n) is 1.35. The van der Waals surface area contributed by atoms with Gasteiger partial charge in [0.15, 0.2) is 0 Å². The third kappa shape index (κ3) is 2.44. The number of hydrogen-bond donors (Lipinski definition) is 1. The first kappa shape index (κ1) is 12.8. The normalized spacial score (nSPS) is 13.6. The van der Waals surface area contributed by atoms with Crippen molar-refractivity contribution in [2.45, 2.75) is 12.3 Å². The maximum absolute atomic E-state index is 12.5. The number of hydrogen-bond acceptors (Lipinski definition) is 2. The van der Waals surface area contributed by atoms with Gasteiger partial charge in [0.25, 0.3) is 0 Å². The van der Waals surface area contributed by atoms with E-state index in [4.69, 9.17) is 0 Å². The molecule has 0 saturated carbocycles. The summed E-state index contributed by atoms with van der Waals surface area (Å²) in [6, 6.07) is 3.10. The van der Waals surface area contributed by atoms with Crippen LogP contribution in [0, 0.1) is 0 Å². The highest BCUT2D eigenvalue weighted by atomic mass is 19.4. The van der Waals surface area contributed by atoms with Crippen molar-refractivity contribution in [3.05, 3.63) is 29.3 Å². The minimum absolute atomic E-state index is 0.208. The Hall–Kier alpha value is -1.30. The lowest BCUT2D eigenvalue weighted by Crippen LogP contribution is -2.11. The average Bonchev–Trinajstić information content (AvgIpc) is 2.25. The maximum atomic E-state index is 12.5. The molecule has 1 unspecified atom stereocenters. The zero-order valence-corrected chi connectivity index (χ0v) is 8.38. The Labute approximate surface area is 89.5 Å². The summed E-state index contributed by atoms with van der Waals surface area (Å²) in [4.78, 5) is 0. The molecule has 0 saturated heterocycles. The van der Waals surface area contributed by atoms with Gasteiger partial charge in [0.05, 0.1) is 12.7 Å². The van der Waals surface area contributed by atoms with Crippen molar-refractivity contribution < 1.29 is 27.4 Å². The lowest BCUT2D eigenvalue weighted by molar-refractivity contribution is -0.138. The molecule has 6 heteroatoms. The first-order valence-corrected chi connectivity index (χ1v) is 4.40. The SMILES string of the molecule is COc1c(C(O)CF)cccc1C(F)(F)F. The minimum Gasteiger partial charge on any atom is -0.496 e. The Morgan fingerprint density at radius 2 is 2.00 bits per heavy atom. The first-order valence-electron chi connectivity index (χ1n) is 4.40. The van der Waals surface area contributed by atoms with Gasteiger partial charge in [-0.05, 0) is 6.07 Å². The largest absolute Gasteiger partial charge is 0.496 e. The molecule has 0 heterocycles. The predicted molar refractivity (Wildman–Crippen MR) is 48.9 cm³/mol. The second-order valence-corrected chi connectivity index (χ2v) is 3.10. The molecule has 2 nitrogen and oxygen atoms in total. The minimum atomic E-state index is -4.60. The van der Waals surface area contributed by atoms with Crippen LogP contribution in [0.1, 0.15) is 17.2 Å². The molecule has 1 N–H and O–H groups in total. The summed E-state index contributed by atoms with van der Waals surface area (Å²) in [6.45, 7) is -1.17. The van der Waals surface area contributed by atoms with Gasteiger partial charge < -0.3 is 9.84 Å². The molecule has 0 amide bonds. The Morgan fingerprint density at radius 1 is 1.38 bits per heavy atom. The van der Waals surface area contributed by atoms with Gasteiger partial charge in [-0.3, -0.25) is 0 Å². The van der Waals surface area contributed by atoms with Crippen LogP contribution in [0.5, 0.6) is 5.75 Å². The first-order chi connectivity index (χ1) is 7.41. The standard InChI is InChI=1S/C10H10F4O2/c1-16-9-6(8(15)5-11)3-2-4-7(9)10(12,13)14/h2-4,8,15H,5H2,1H3. The van der Waals surface area contributed by atoms with E-state index in [0.29, 0.717) is 0 Å². The highest BCUT2D eigenvalue weighted by Crippen LogP contribution is 2.39. The summed E-state index contributed by atoms with van der Waals surface area (Å²) < 4.78 is 54.4. The van der Waals surface area contributed by atoms with Crippen molar-refractivity contribution in [2.75, 3.05) is 13.8 Å². The summed E-state index contributed by atoms with van der Waals surface area (Å²) in [7, 11) is 1.04. The smallest absolute Gasteiger partial charge is 0.419 e. The van der Waals surface area contributed by atoms with Crippen molar-refractivity contribution in [3.8, 4) is 5.75 Å². The van der Waals surface area contributed by atoms with Gasteiger partial charge in [-0.2, -0.15) is 13.2 Å². The van der Waals surface area contributed by atoms with Crippen LogP contribution in [0.15, 0.2) is 18.2 Å². The van der Waals surface area contributed by atoms with Crippen molar-refractivity contribution in [1.29, 1.82) is 0 Å². The number of rotatable bonds is 3. The van der Waals surface area contributed by atoms with Crippen LogP contribution in [-0.2, 0) is 6.18 Å². The van der Waals surface area contributed by atoms with Gasteiger partial charge >= 0.3 is 6.18 Å². The van der Waals surface area contributed by atoms with Crippen LogP contribution in [0.2, 0.25) is 0 Å². The molecule has 0 bridgehead atoms. The molecular weight excluding hydrogens is 228 g/mol. The molecule has 0 aliphatic rings. The molecule has 0 aromatic heterocycles. The quantitative estimate of drug-likeness (QED) is 0.820. The Bertz CT molecular complexity index is 362. The zero-order valence-electron chi connectivity index (χ0n) is 8.38. The number of alkyl halides is 4. The van der Waals surface area contributed by atoms with Crippen LogP contribution in [0.4, 0.5) is 17.6 Å². The summed E-state index contributed by atoms with van der Waals surface area (Å²) in [5.74, 6) is -0.542. The van der Waals surface area contributed by atoms with E-state index in [-0.39, 0.29) is 5.56 Å². The van der Waals surface area contributed by atoms with E-state index in [1.165, 1.54) is 6.07 Å². The van der Waals surface area contributed by atoms with Gasteiger partial charge in [-0.25, -0.2) is 4.39 Å². The third-order valence-electron chi connectivity index (χ3n) is 2.06. The number of para-hydroxylation sites is 1. The molecule has 1 rings (SSSR count). The van der Waals surface area contributed by atoms with Crippen molar-refractivity contribution in [1.82, 2.24) is 0 Å². The number of methoxy groups -OCH3 is 1. The van der Waals surface area contributed by atoms with Gasteiger partial charge in [-0.1, -0.05) is 12.1 Å². The summed E-state index contributed by atoms with van der Waals surface area (Å²) in [5, 5.41) is 9.21. The maximum Gasteiger partial charge on any atom is 0.419 e. The number of ether oxygens (including phenoxy) is 1. The summed E-state index contributed by atoms with van der Waals surface area (Å²) >= 11 is 0. The number of benzene rings is 1. The molecule has 0 fully saturated rings. The van der Waals surface area contributed by atoms with Crippen LogP contribution in [0.3, 0.4) is 0 Å². The van der Waals surface area contributed by atoms with Crippen molar-refractivity contribution in [2.24, 2.45) is 0 Å². The average molecular weight is 238 g/mol. The topological polar surface area (TPSA) is 29.5 Å². The van der Waals surface area contributed by atoms with Crippen LogP contribution < -0.4 is 4.74 Å². The van der Waals surface area contributed by atoms with Gasteiger partial charge in [0, 0.05) is 5.56 Å². The van der Waals surface area contributed by atoms with Gasteiger partial charge in [0.2, 0.25) is 0 Å². The van der Waals surface area contributed by atoms with E-state index in [0.717, 1.165) is 19.2 Å². The molecule has 1 aromatic rings. The van der Waals surface area contributed by atoms with E-state index in [1.54, 1.807) is 0 Å². The summed E-state index contributed by atoms with van der Waals surface area (Å²) in [6.07, 6.45) is -6.21. The second-order valence-electron chi connectivity index (χ2n) is 3.10. The molecule has 1 atom stereocenters. The molecule has 16 heavy (non-hydrogen) atoms. The fraction of sp³-hybridized carbons (Fsp3) is 0.400. The molecule has 0 radical (unpaired) electrons. The van der Waals surface area contributed by atoms with Gasteiger partial charge in [-0.15, -0.1) is 0 Å². The van der Waals surface area contributed by atoms with E-state index < -0.39 is 30.3 Å². The summed E-state index contributed by atoms with van der Waals surface area (Å²) in [5.41, 5.74) is -1.24. The number of halogens is 4. The van der Waals surface area contributed by atoms with E-state index in [1.807, 2.05) is 0 Å². The van der Waals surface area contributed by atoms with Crippen LogP contribution in [-0.4, -0.2) is 18.9 Å². The van der Waals surface area contributed by atoms with Crippen LogP contribution >= 0.6 is 0 Å². The lowest BCUT2D eigenvalue weighted by atomic mass is 10.0. The number of aliphatic hydroxyl groups excluding tert-OH is 1. The Kier molecular flexibility index (Phi) is 3.74. The Morgan fingerprint density at radius 3 is 2.44 bits per heavy atom. The van der Waals surface area contributed by atoms with Crippen molar-refractivity contribution in [3.63, 3.8) is 0 Å². The molecule has 0 spiro atoms. The molecule has 0 aliphatic carbocycles. The molecule has 0 aliphatic heterocycles. The molecule has 1 aromatic carbocycles. The molecule has 90 valence electrons. The fourth-order valence-corrected chi connectivity index (χ4v) is 1.35. The third-order valence-corrected chi connectivity index (χ3v) is 2.06. The van der Waals surface area contributed by atoms with Crippen molar-refractivity contribution >= 4 is 0 Å². The Balaban J connectivity index is 3.32. The second kappa shape index (κ2) is 4.69. The van der Waals surface area contributed by atoms with E-state index in [9.17, 15) is 22.7 Å². The van der Waals surface area contributed by atoms with Gasteiger partial charge in [0.1, 0.15) is 18.5 Å². The van der Waals surface area contributed by atoms with E-state index in [2.05, 4.69) is 4.74 Å². The lowest BCUT2D eigenvalue weighted by Gasteiger charge is -2.17. The highest BCUT2D eigenvalue weighted by Gasteiger charge is 2.35. The highest BCUT2D eigenvalue weighted by molar-refractivity contribution is 5.44. The monoisotopic (exact) mass is 238 g/mol.